The van der Waals surface area contributed by atoms with Crippen molar-refractivity contribution in [3.8, 4) is 0 Å². The topological polar surface area (TPSA) is 42.0 Å². The van der Waals surface area contributed by atoms with Crippen molar-refractivity contribution in [1.29, 1.82) is 0 Å². The fourth-order valence-electron chi connectivity index (χ4n) is 2.78. The minimum absolute atomic E-state index is 0.0575. The van der Waals surface area contributed by atoms with Gasteiger partial charge in [0.05, 0.1) is 11.6 Å². The molecular weight excluding hydrogens is 308 g/mol. The molecule has 0 aliphatic carbocycles. The molecule has 4 heteroatoms. The molecule has 0 saturated heterocycles. The lowest BCUT2D eigenvalue weighted by molar-refractivity contribution is -0.119. The average molecular weight is 325 g/mol. The molecule has 0 fully saturated rings. The van der Waals surface area contributed by atoms with Crippen LogP contribution in [0.25, 0.3) is 10.9 Å². The van der Waals surface area contributed by atoms with Crippen LogP contribution < -0.4 is 5.32 Å². The lowest BCUT2D eigenvalue weighted by Crippen LogP contribution is -2.27. The van der Waals surface area contributed by atoms with Crippen LogP contribution in [0.4, 0.5) is 0 Å². The number of amides is 1. The fraction of sp³-hybridized carbons (Fsp3) is 0.158. The van der Waals surface area contributed by atoms with Gasteiger partial charge in [-0.2, -0.15) is 0 Å². The van der Waals surface area contributed by atoms with Crippen LogP contribution >= 0.6 is 11.6 Å². The minimum Gasteiger partial charge on any atom is -0.349 e. The van der Waals surface area contributed by atoms with Gasteiger partial charge in [0.15, 0.2) is 0 Å². The number of benzene rings is 2. The average Bonchev–Trinajstić information content (AvgIpc) is 2.54. The van der Waals surface area contributed by atoms with Crippen molar-refractivity contribution in [2.24, 2.45) is 0 Å². The first-order chi connectivity index (χ1) is 11.1. The van der Waals surface area contributed by atoms with Crippen LogP contribution in [0.5, 0.6) is 0 Å². The van der Waals surface area contributed by atoms with Crippen molar-refractivity contribution in [3.63, 3.8) is 0 Å². The number of aromatic nitrogens is 1. The van der Waals surface area contributed by atoms with Crippen LogP contribution in [0.15, 0.2) is 60.8 Å². The van der Waals surface area contributed by atoms with Gasteiger partial charge in [0.1, 0.15) is 0 Å². The predicted molar refractivity (Wildman–Crippen MR) is 93.5 cm³/mol. The molecular formula is C19H17ClN2O. The molecule has 1 unspecified atom stereocenters. The van der Waals surface area contributed by atoms with Crippen LogP contribution in [0.2, 0.25) is 5.02 Å². The molecule has 0 bridgehead atoms. The van der Waals surface area contributed by atoms with Gasteiger partial charge in [-0.1, -0.05) is 41.9 Å². The quantitative estimate of drug-likeness (QED) is 0.777. The molecule has 0 saturated carbocycles. The molecule has 0 aliphatic rings. The van der Waals surface area contributed by atoms with Gasteiger partial charge >= 0.3 is 0 Å². The molecule has 1 amide bonds. The Hall–Kier alpha value is -2.39. The van der Waals surface area contributed by atoms with E-state index >= 15 is 0 Å². The first-order valence-electron chi connectivity index (χ1n) is 7.48. The summed E-state index contributed by atoms with van der Waals surface area (Å²) in [4.78, 5) is 16.0. The van der Waals surface area contributed by atoms with Crippen molar-refractivity contribution in [1.82, 2.24) is 10.3 Å². The maximum Gasteiger partial charge on any atom is 0.217 e. The molecule has 116 valence electrons. The summed E-state index contributed by atoms with van der Waals surface area (Å²) in [7, 11) is 0. The van der Waals surface area contributed by atoms with Gasteiger partial charge in [-0.3, -0.25) is 9.78 Å². The molecule has 3 rings (SSSR count). The maximum absolute atomic E-state index is 11.7. The Morgan fingerprint density at radius 1 is 1.17 bits per heavy atom. The van der Waals surface area contributed by atoms with Crippen molar-refractivity contribution in [2.45, 2.75) is 19.4 Å². The van der Waals surface area contributed by atoms with E-state index in [0.29, 0.717) is 11.4 Å². The third kappa shape index (κ3) is 3.69. The van der Waals surface area contributed by atoms with Gasteiger partial charge in [-0.05, 0) is 41.8 Å². The highest BCUT2D eigenvalue weighted by atomic mass is 35.5. The zero-order chi connectivity index (χ0) is 16.2. The SMILES string of the molecule is CC(=O)NC(Cc1ccccc1)c1ccnc2ccc(Cl)cc12. The second kappa shape index (κ2) is 6.80. The number of hydrogen-bond acceptors (Lipinski definition) is 2. The van der Waals surface area contributed by atoms with E-state index in [1.54, 1.807) is 6.20 Å². The van der Waals surface area contributed by atoms with E-state index in [-0.39, 0.29) is 11.9 Å². The van der Waals surface area contributed by atoms with Crippen molar-refractivity contribution >= 4 is 28.4 Å². The Bertz CT molecular complexity index is 833. The summed E-state index contributed by atoms with van der Waals surface area (Å²) in [5, 5.41) is 4.67. The van der Waals surface area contributed by atoms with Crippen LogP contribution in [0.3, 0.4) is 0 Å². The number of rotatable bonds is 4. The van der Waals surface area contributed by atoms with Gasteiger partial charge < -0.3 is 5.32 Å². The number of carbonyl (C=O) groups is 1. The maximum atomic E-state index is 11.7. The zero-order valence-electron chi connectivity index (χ0n) is 12.8. The van der Waals surface area contributed by atoms with E-state index in [4.69, 9.17) is 11.6 Å². The first-order valence-corrected chi connectivity index (χ1v) is 7.86. The molecule has 1 aromatic heterocycles. The van der Waals surface area contributed by atoms with Gasteiger partial charge in [-0.15, -0.1) is 0 Å². The predicted octanol–water partition coefficient (Wildman–Crippen LogP) is 4.31. The number of pyridine rings is 1. The molecule has 23 heavy (non-hydrogen) atoms. The van der Waals surface area contributed by atoms with E-state index < -0.39 is 0 Å². The number of carbonyl (C=O) groups excluding carboxylic acids is 1. The summed E-state index contributed by atoms with van der Waals surface area (Å²) in [5.74, 6) is -0.0575. The summed E-state index contributed by atoms with van der Waals surface area (Å²) < 4.78 is 0. The van der Waals surface area contributed by atoms with Crippen LogP contribution in [-0.4, -0.2) is 10.9 Å². The molecule has 1 N–H and O–H groups in total. The van der Waals surface area contributed by atoms with Gasteiger partial charge in [0.2, 0.25) is 5.91 Å². The van der Waals surface area contributed by atoms with Crippen molar-refractivity contribution in [2.75, 3.05) is 0 Å². The van der Waals surface area contributed by atoms with E-state index in [1.165, 1.54) is 12.5 Å². The summed E-state index contributed by atoms with van der Waals surface area (Å²) >= 11 is 6.15. The third-order valence-electron chi connectivity index (χ3n) is 3.77. The lowest BCUT2D eigenvalue weighted by atomic mass is 9.96. The standard InChI is InChI=1S/C19H17ClN2O/c1-13(23)22-19(11-14-5-3-2-4-6-14)16-9-10-21-18-8-7-15(20)12-17(16)18/h2-10,12,19H,11H2,1H3,(H,22,23). The Labute approximate surface area is 140 Å². The normalized spacial score (nSPS) is 12.1. The largest absolute Gasteiger partial charge is 0.349 e. The summed E-state index contributed by atoms with van der Waals surface area (Å²) in [5.41, 5.74) is 3.06. The molecule has 2 aromatic carbocycles. The minimum atomic E-state index is -0.126. The first kappa shape index (κ1) is 15.5. The van der Waals surface area contributed by atoms with Crippen LogP contribution in [-0.2, 0) is 11.2 Å². The second-order valence-corrected chi connectivity index (χ2v) is 5.94. The molecule has 0 aliphatic heterocycles. The van der Waals surface area contributed by atoms with E-state index in [9.17, 15) is 4.79 Å². The Morgan fingerprint density at radius 3 is 2.70 bits per heavy atom. The lowest BCUT2D eigenvalue weighted by Gasteiger charge is -2.20. The van der Waals surface area contributed by atoms with E-state index in [0.717, 1.165) is 16.5 Å². The Kier molecular flexibility index (Phi) is 4.58. The molecule has 0 spiro atoms. The third-order valence-corrected chi connectivity index (χ3v) is 4.01. The van der Waals surface area contributed by atoms with Gasteiger partial charge in [0, 0.05) is 23.5 Å². The number of nitrogens with zero attached hydrogens (tertiary/aromatic N) is 1. The number of nitrogens with one attached hydrogen (secondary N) is 1. The molecule has 1 heterocycles. The van der Waals surface area contributed by atoms with E-state index in [2.05, 4.69) is 22.4 Å². The Morgan fingerprint density at radius 2 is 1.96 bits per heavy atom. The fourth-order valence-corrected chi connectivity index (χ4v) is 2.95. The highest BCUT2D eigenvalue weighted by Gasteiger charge is 2.16. The van der Waals surface area contributed by atoms with Gasteiger partial charge in [0.25, 0.3) is 0 Å². The smallest absolute Gasteiger partial charge is 0.217 e. The number of hydrogen-bond donors (Lipinski definition) is 1. The molecule has 3 aromatic rings. The van der Waals surface area contributed by atoms with Gasteiger partial charge in [-0.25, -0.2) is 0 Å². The summed E-state index contributed by atoms with van der Waals surface area (Å²) in [6, 6.07) is 17.6. The Balaban J connectivity index is 2.06. The number of halogens is 1. The summed E-state index contributed by atoms with van der Waals surface area (Å²) in [6.07, 6.45) is 2.48. The molecule has 0 radical (unpaired) electrons. The number of fused-ring (bicyclic) bond motifs is 1. The monoisotopic (exact) mass is 324 g/mol. The highest BCUT2D eigenvalue weighted by molar-refractivity contribution is 6.31. The van der Waals surface area contributed by atoms with Crippen LogP contribution in [0.1, 0.15) is 24.1 Å². The summed E-state index contributed by atoms with van der Waals surface area (Å²) in [6.45, 7) is 1.54. The molecule has 3 nitrogen and oxygen atoms in total. The molecule has 1 atom stereocenters. The van der Waals surface area contributed by atoms with Crippen LogP contribution in [0, 0.1) is 0 Å². The van der Waals surface area contributed by atoms with E-state index in [1.807, 2.05) is 42.5 Å². The highest BCUT2D eigenvalue weighted by Crippen LogP contribution is 2.27. The van der Waals surface area contributed by atoms with Crippen molar-refractivity contribution < 1.29 is 4.79 Å². The second-order valence-electron chi connectivity index (χ2n) is 5.50. The zero-order valence-corrected chi connectivity index (χ0v) is 13.5. The van der Waals surface area contributed by atoms with Crippen molar-refractivity contribution in [3.05, 3.63) is 76.9 Å².